The Morgan fingerprint density at radius 2 is 2.45 bits per heavy atom. The Morgan fingerprint density at radius 1 is 1.73 bits per heavy atom. The zero-order valence-electron chi connectivity index (χ0n) is 6.33. The van der Waals surface area contributed by atoms with Crippen molar-refractivity contribution in [2.24, 2.45) is 5.92 Å². The minimum atomic E-state index is -1.07. The monoisotopic (exact) mass is 154 g/mol. The van der Waals surface area contributed by atoms with E-state index >= 15 is 0 Å². The van der Waals surface area contributed by atoms with Crippen LogP contribution in [0.3, 0.4) is 0 Å². The third-order valence-corrected chi connectivity index (χ3v) is 1.58. The van der Waals surface area contributed by atoms with Gasteiger partial charge in [-0.3, -0.25) is 0 Å². The van der Waals surface area contributed by atoms with Crippen molar-refractivity contribution in [3.8, 4) is 11.8 Å². The molecule has 0 bridgehead atoms. The summed E-state index contributed by atoms with van der Waals surface area (Å²) in [7, 11) is 0. The number of aliphatic carboxylic acids is 1. The van der Waals surface area contributed by atoms with Crippen molar-refractivity contribution in [3.63, 3.8) is 0 Å². The van der Waals surface area contributed by atoms with Crippen molar-refractivity contribution in [3.05, 3.63) is 0 Å². The fraction of sp³-hybridized carbons (Fsp3) is 0.625. The highest BCUT2D eigenvalue weighted by molar-refractivity contribution is 5.86. The van der Waals surface area contributed by atoms with E-state index in [1.54, 1.807) is 0 Å². The van der Waals surface area contributed by atoms with Crippen molar-refractivity contribution in [1.29, 1.82) is 0 Å². The Labute approximate surface area is 65.4 Å². The average Bonchev–Trinajstić information content (AvgIpc) is 2.31. The summed E-state index contributed by atoms with van der Waals surface area (Å²) in [4.78, 5) is 10.0. The standard InChI is InChI=1S/C8H10O3/c1-6-4-7(5-11-6)2-3-8(9)10/h6-7H,4-5H2,1H3,(H,9,10). The number of ether oxygens (including phenoxy) is 1. The molecule has 1 fully saturated rings. The largest absolute Gasteiger partial charge is 0.472 e. The van der Waals surface area contributed by atoms with Gasteiger partial charge in [0.15, 0.2) is 0 Å². The summed E-state index contributed by atoms with van der Waals surface area (Å²) < 4.78 is 5.20. The summed E-state index contributed by atoms with van der Waals surface area (Å²) >= 11 is 0. The van der Waals surface area contributed by atoms with E-state index in [1.807, 2.05) is 6.92 Å². The first kappa shape index (κ1) is 8.09. The van der Waals surface area contributed by atoms with Gasteiger partial charge in [-0.05, 0) is 13.3 Å². The van der Waals surface area contributed by atoms with Crippen LogP contribution in [0, 0.1) is 17.8 Å². The van der Waals surface area contributed by atoms with E-state index in [-0.39, 0.29) is 12.0 Å². The van der Waals surface area contributed by atoms with Gasteiger partial charge in [-0.25, -0.2) is 4.79 Å². The summed E-state index contributed by atoms with van der Waals surface area (Å²) in [6.07, 6.45) is 1.07. The number of carboxylic acids is 1. The van der Waals surface area contributed by atoms with Gasteiger partial charge < -0.3 is 9.84 Å². The van der Waals surface area contributed by atoms with E-state index in [0.717, 1.165) is 6.42 Å². The molecule has 1 rings (SSSR count). The Morgan fingerprint density at radius 3 is 2.91 bits per heavy atom. The maximum absolute atomic E-state index is 10.0. The number of hydrogen-bond acceptors (Lipinski definition) is 2. The predicted octanol–water partition coefficient (Wildman–Crippen LogP) is 0.499. The maximum Gasteiger partial charge on any atom is 0.381 e. The van der Waals surface area contributed by atoms with Gasteiger partial charge >= 0.3 is 5.97 Å². The van der Waals surface area contributed by atoms with Gasteiger partial charge in [0.1, 0.15) is 0 Å². The minimum absolute atomic E-state index is 0.112. The highest BCUT2D eigenvalue weighted by Crippen LogP contribution is 2.17. The minimum Gasteiger partial charge on any atom is -0.472 e. The van der Waals surface area contributed by atoms with Crippen molar-refractivity contribution >= 4 is 5.97 Å². The van der Waals surface area contributed by atoms with Gasteiger partial charge in [0, 0.05) is 11.8 Å². The maximum atomic E-state index is 10.0. The Balaban J connectivity index is 2.41. The third kappa shape index (κ3) is 2.60. The lowest BCUT2D eigenvalue weighted by atomic mass is 10.1. The molecule has 2 atom stereocenters. The first-order chi connectivity index (χ1) is 5.18. The third-order valence-electron chi connectivity index (χ3n) is 1.58. The molecule has 3 heteroatoms. The lowest BCUT2D eigenvalue weighted by molar-refractivity contribution is -0.130. The summed E-state index contributed by atoms with van der Waals surface area (Å²) in [5.74, 6) is 3.78. The molecule has 0 aromatic carbocycles. The van der Waals surface area contributed by atoms with Crippen LogP contribution in [-0.4, -0.2) is 23.8 Å². The number of carboxylic acid groups (broad SMARTS) is 1. The highest BCUT2D eigenvalue weighted by atomic mass is 16.5. The van der Waals surface area contributed by atoms with Crippen molar-refractivity contribution in [1.82, 2.24) is 0 Å². The highest BCUT2D eigenvalue weighted by Gasteiger charge is 2.19. The second kappa shape index (κ2) is 3.40. The first-order valence-corrected chi connectivity index (χ1v) is 3.54. The van der Waals surface area contributed by atoms with Crippen LogP contribution in [0.15, 0.2) is 0 Å². The molecule has 0 radical (unpaired) electrons. The Bertz CT molecular complexity index is 211. The van der Waals surface area contributed by atoms with Gasteiger partial charge in [0.25, 0.3) is 0 Å². The fourth-order valence-corrected chi connectivity index (χ4v) is 1.08. The number of hydrogen-bond donors (Lipinski definition) is 1. The normalized spacial score (nSPS) is 29.2. The van der Waals surface area contributed by atoms with Crippen molar-refractivity contribution < 1.29 is 14.6 Å². The van der Waals surface area contributed by atoms with Gasteiger partial charge in [-0.2, -0.15) is 0 Å². The molecule has 0 spiro atoms. The molecule has 2 unspecified atom stereocenters. The quantitative estimate of drug-likeness (QED) is 0.517. The van der Waals surface area contributed by atoms with Crippen molar-refractivity contribution in [2.75, 3.05) is 6.61 Å². The molecule has 0 saturated carbocycles. The smallest absolute Gasteiger partial charge is 0.381 e. The van der Waals surface area contributed by atoms with Gasteiger partial charge in [0.2, 0.25) is 0 Å². The van der Waals surface area contributed by atoms with E-state index in [4.69, 9.17) is 9.84 Å². The predicted molar refractivity (Wildman–Crippen MR) is 38.9 cm³/mol. The van der Waals surface area contributed by atoms with Crippen LogP contribution < -0.4 is 0 Å². The first-order valence-electron chi connectivity index (χ1n) is 3.54. The molecule has 1 aliphatic rings. The van der Waals surface area contributed by atoms with Crippen LogP contribution >= 0.6 is 0 Å². The van der Waals surface area contributed by atoms with E-state index in [0.29, 0.717) is 6.61 Å². The Hall–Kier alpha value is -1.01. The summed E-state index contributed by atoms with van der Waals surface area (Å²) in [5.41, 5.74) is 0. The zero-order valence-corrected chi connectivity index (χ0v) is 6.33. The second-order valence-corrected chi connectivity index (χ2v) is 2.65. The topological polar surface area (TPSA) is 46.5 Å². The number of rotatable bonds is 0. The SMILES string of the molecule is CC1CC(C#CC(=O)O)CO1. The van der Waals surface area contributed by atoms with Crippen LogP contribution in [0.2, 0.25) is 0 Å². The number of carbonyl (C=O) groups is 1. The van der Waals surface area contributed by atoms with Crippen LogP contribution in [-0.2, 0) is 9.53 Å². The molecule has 60 valence electrons. The van der Waals surface area contributed by atoms with Crippen LogP contribution in [0.1, 0.15) is 13.3 Å². The van der Waals surface area contributed by atoms with Gasteiger partial charge in [-0.15, -0.1) is 0 Å². The van der Waals surface area contributed by atoms with Gasteiger partial charge in [-0.1, -0.05) is 5.92 Å². The summed E-state index contributed by atoms with van der Waals surface area (Å²) in [5, 5.41) is 8.23. The lowest BCUT2D eigenvalue weighted by Gasteiger charge is -1.94. The molecule has 1 saturated heterocycles. The molecule has 1 aliphatic heterocycles. The van der Waals surface area contributed by atoms with Crippen LogP contribution in [0.5, 0.6) is 0 Å². The van der Waals surface area contributed by atoms with Crippen molar-refractivity contribution in [2.45, 2.75) is 19.4 Å². The Kier molecular flexibility index (Phi) is 2.50. The average molecular weight is 154 g/mol. The second-order valence-electron chi connectivity index (χ2n) is 2.65. The van der Waals surface area contributed by atoms with E-state index in [1.165, 1.54) is 0 Å². The molecule has 3 nitrogen and oxygen atoms in total. The van der Waals surface area contributed by atoms with E-state index < -0.39 is 5.97 Å². The summed E-state index contributed by atoms with van der Waals surface area (Å²) in [6.45, 7) is 2.53. The molecule has 0 aromatic heterocycles. The lowest BCUT2D eigenvalue weighted by Crippen LogP contribution is -1.97. The van der Waals surface area contributed by atoms with E-state index in [2.05, 4.69) is 11.8 Å². The molecule has 1 heterocycles. The zero-order chi connectivity index (χ0) is 8.27. The van der Waals surface area contributed by atoms with Crippen LogP contribution in [0.4, 0.5) is 0 Å². The molecule has 0 amide bonds. The van der Waals surface area contributed by atoms with Crippen LogP contribution in [0.25, 0.3) is 0 Å². The summed E-state index contributed by atoms with van der Waals surface area (Å²) in [6, 6.07) is 0. The van der Waals surface area contributed by atoms with E-state index in [9.17, 15) is 4.79 Å². The molecule has 0 aromatic rings. The fourth-order valence-electron chi connectivity index (χ4n) is 1.08. The van der Waals surface area contributed by atoms with Gasteiger partial charge in [0.05, 0.1) is 12.7 Å². The molecule has 11 heavy (non-hydrogen) atoms. The molecule has 1 N–H and O–H groups in total. The molecular weight excluding hydrogens is 144 g/mol. The molecule has 0 aliphatic carbocycles. The molecular formula is C8H10O3.